The highest BCUT2D eigenvalue weighted by Gasteiger charge is 2.10. The lowest BCUT2D eigenvalue weighted by Crippen LogP contribution is -2.33. The molecular formula is C18H18N4O2. The first-order chi connectivity index (χ1) is 11.7. The quantitative estimate of drug-likeness (QED) is 0.674. The highest BCUT2D eigenvalue weighted by atomic mass is 16.2. The van der Waals surface area contributed by atoms with Gasteiger partial charge in [0.05, 0.1) is 23.9 Å². The van der Waals surface area contributed by atoms with Gasteiger partial charge >= 0.3 is 0 Å². The summed E-state index contributed by atoms with van der Waals surface area (Å²) in [7, 11) is 0. The molecule has 0 saturated carbocycles. The Labute approximate surface area is 139 Å². The molecule has 0 atom stereocenters. The number of aromatic nitrogens is 2. The molecule has 3 rings (SSSR count). The Bertz CT molecular complexity index is 885. The molecule has 2 aromatic carbocycles. The van der Waals surface area contributed by atoms with Crippen LogP contribution in [-0.4, -0.2) is 28.3 Å². The van der Waals surface area contributed by atoms with Gasteiger partial charge in [-0.25, -0.2) is 4.98 Å². The van der Waals surface area contributed by atoms with Crippen LogP contribution in [-0.2, 0) is 11.2 Å². The molecule has 0 aliphatic rings. The lowest BCUT2D eigenvalue weighted by Gasteiger charge is -2.10. The minimum Gasteiger partial charge on any atom is -0.345 e. The highest BCUT2D eigenvalue weighted by molar-refractivity contribution is 6.01. The Morgan fingerprint density at radius 2 is 2.00 bits per heavy atom. The first-order valence-electron chi connectivity index (χ1n) is 7.76. The summed E-state index contributed by atoms with van der Waals surface area (Å²) in [5, 5.41) is 5.45. The summed E-state index contributed by atoms with van der Waals surface area (Å²) in [6.07, 6.45) is 2.40. The first-order valence-corrected chi connectivity index (χ1v) is 7.76. The van der Waals surface area contributed by atoms with E-state index >= 15 is 0 Å². The third-order valence-electron chi connectivity index (χ3n) is 3.76. The van der Waals surface area contributed by atoms with E-state index < -0.39 is 0 Å². The lowest BCUT2D eigenvalue weighted by molar-refractivity contribution is -0.115. The molecule has 6 nitrogen and oxygen atoms in total. The summed E-state index contributed by atoms with van der Waals surface area (Å²) in [6, 6.07) is 12.8. The van der Waals surface area contributed by atoms with Crippen molar-refractivity contribution in [3.05, 3.63) is 59.9 Å². The van der Waals surface area contributed by atoms with Crippen molar-refractivity contribution >= 4 is 28.5 Å². The molecule has 3 aromatic rings. The zero-order valence-corrected chi connectivity index (χ0v) is 13.3. The Kier molecular flexibility index (Phi) is 4.56. The SMILES string of the molecule is CCc1ccccc1NC(=O)CNC(=O)c1ccc2nc[nH]c2c1. The lowest BCUT2D eigenvalue weighted by atomic mass is 10.1. The Morgan fingerprint density at radius 3 is 2.83 bits per heavy atom. The van der Waals surface area contributed by atoms with Crippen molar-refractivity contribution in [2.24, 2.45) is 0 Å². The molecule has 3 N–H and O–H groups in total. The summed E-state index contributed by atoms with van der Waals surface area (Å²) in [6.45, 7) is 1.94. The second kappa shape index (κ2) is 6.95. The third kappa shape index (κ3) is 3.43. The van der Waals surface area contributed by atoms with Gasteiger partial charge in [-0.3, -0.25) is 9.59 Å². The second-order valence-electron chi connectivity index (χ2n) is 5.38. The molecule has 0 bridgehead atoms. The molecule has 0 saturated heterocycles. The van der Waals surface area contributed by atoms with E-state index in [0.29, 0.717) is 5.56 Å². The van der Waals surface area contributed by atoms with Crippen LogP contribution < -0.4 is 10.6 Å². The van der Waals surface area contributed by atoms with Crippen LogP contribution in [0, 0.1) is 0 Å². The van der Waals surface area contributed by atoms with Crippen LogP contribution in [0.1, 0.15) is 22.8 Å². The van der Waals surface area contributed by atoms with Gasteiger partial charge in [0, 0.05) is 11.3 Å². The van der Waals surface area contributed by atoms with Gasteiger partial charge in [-0.05, 0) is 36.2 Å². The molecule has 24 heavy (non-hydrogen) atoms. The van der Waals surface area contributed by atoms with Gasteiger partial charge in [-0.15, -0.1) is 0 Å². The van der Waals surface area contributed by atoms with Gasteiger partial charge in [-0.2, -0.15) is 0 Å². The summed E-state index contributed by atoms with van der Waals surface area (Å²) >= 11 is 0. The number of H-pyrrole nitrogens is 1. The van der Waals surface area contributed by atoms with Crippen molar-refractivity contribution in [3.8, 4) is 0 Å². The molecule has 122 valence electrons. The van der Waals surface area contributed by atoms with E-state index in [1.807, 2.05) is 31.2 Å². The molecule has 1 aromatic heterocycles. The first kappa shape index (κ1) is 15.7. The number of aryl methyl sites for hydroxylation is 1. The number of benzene rings is 2. The van der Waals surface area contributed by atoms with E-state index in [9.17, 15) is 9.59 Å². The number of amides is 2. The predicted octanol–water partition coefficient (Wildman–Crippen LogP) is 2.49. The summed E-state index contributed by atoms with van der Waals surface area (Å²) in [5.74, 6) is -0.558. The van der Waals surface area contributed by atoms with Crippen LogP contribution in [0.15, 0.2) is 48.8 Å². The van der Waals surface area contributed by atoms with Gasteiger partial charge in [0.15, 0.2) is 0 Å². The smallest absolute Gasteiger partial charge is 0.251 e. The van der Waals surface area contributed by atoms with Gasteiger partial charge in [0.25, 0.3) is 5.91 Å². The van der Waals surface area contributed by atoms with E-state index in [-0.39, 0.29) is 18.4 Å². The Balaban J connectivity index is 1.60. The fourth-order valence-electron chi connectivity index (χ4n) is 2.48. The van der Waals surface area contributed by atoms with E-state index in [0.717, 1.165) is 28.7 Å². The summed E-state index contributed by atoms with van der Waals surface area (Å²) in [4.78, 5) is 31.3. The topological polar surface area (TPSA) is 86.9 Å². The van der Waals surface area contributed by atoms with Crippen molar-refractivity contribution in [2.75, 3.05) is 11.9 Å². The highest BCUT2D eigenvalue weighted by Crippen LogP contribution is 2.15. The van der Waals surface area contributed by atoms with Crippen molar-refractivity contribution in [1.29, 1.82) is 0 Å². The monoisotopic (exact) mass is 322 g/mol. The zero-order chi connectivity index (χ0) is 16.9. The van der Waals surface area contributed by atoms with Gasteiger partial charge < -0.3 is 15.6 Å². The number of anilines is 1. The van der Waals surface area contributed by atoms with Crippen LogP contribution >= 0.6 is 0 Å². The average molecular weight is 322 g/mol. The molecule has 0 radical (unpaired) electrons. The Morgan fingerprint density at radius 1 is 1.17 bits per heavy atom. The van der Waals surface area contributed by atoms with Crippen LogP contribution in [0.2, 0.25) is 0 Å². The van der Waals surface area contributed by atoms with E-state index in [1.54, 1.807) is 24.5 Å². The standard InChI is InChI=1S/C18H18N4O2/c1-2-12-5-3-4-6-14(12)22-17(23)10-19-18(24)13-7-8-15-16(9-13)21-11-20-15/h3-9,11H,2,10H2,1H3,(H,19,24)(H,20,21)(H,22,23). The number of rotatable bonds is 5. The number of hydrogen-bond acceptors (Lipinski definition) is 3. The van der Waals surface area contributed by atoms with E-state index in [2.05, 4.69) is 20.6 Å². The van der Waals surface area contributed by atoms with Gasteiger partial charge in [-0.1, -0.05) is 25.1 Å². The van der Waals surface area contributed by atoms with Crippen molar-refractivity contribution in [2.45, 2.75) is 13.3 Å². The zero-order valence-electron chi connectivity index (χ0n) is 13.3. The van der Waals surface area contributed by atoms with Crippen molar-refractivity contribution in [3.63, 3.8) is 0 Å². The molecule has 0 spiro atoms. The second-order valence-corrected chi connectivity index (χ2v) is 5.38. The molecule has 2 amide bonds. The molecule has 6 heteroatoms. The molecule has 0 aliphatic heterocycles. The Hall–Kier alpha value is -3.15. The molecule has 0 aliphatic carbocycles. The summed E-state index contributed by atoms with van der Waals surface area (Å²) < 4.78 is 0. The van der Waals surface area contributed by atoms with Crippen LogP contribution in [0.4, 0.5) is 5.69 Å². The van der Waals surface area contributed by atoms with Crippen LogP contribution in [0.5, 0.6) is 0 Å². The maximum Gasteiger partial charge on any atom is 0.251 e. The predicted molar refractivity (Wildman–Crippen MR) is 92.9 cm³/mol. The number of imidazole rings is 1. The van der Waals surface area contributed by atoms with Crippen molar-refractivity contribution < 1.29 is 9.59 Å². The fraction of sp³-hybridized carbons (Fsp3) is 0.167. The number of nitrogens with zero attached hydrogens (tertiary/aromatic N) is 1. The minimum atomic E-state index is -0.301. The molecule has 0 fully saturated rings. The van der Waals surface area contributed by atoms with Crippen LogP contribution in [0.3, 0.4) is 0 Å². The van der Waals surface area contributed by atoms with Crippen LogP contribution in [0.25, 0.3) is 11.0 Å². The van der Waals surface area contributed by atoms with E-state index in [1.165, 1.54) is 0 Å². The third-order valence-corrected chi connectivity index (χ3v) is 3.76. The fourth-order valence-corrected chi connectivity index (χ4v) is 2.48. The normalized spacial score (nSPS) is 10.5. The summed E-state index contributed by atoms with van der Waals surface area (Å²) in [5.41, 5.74) is 3.89. The van der Waals surface area contributed by atoms with Crippen molar-refractivity contribution in [1.82, 2.24) is 15.3 Å². The number of para-hydroxylation sites is 1. The number of aromatic amines is 1. The number of carbonyl (C=O) groups is 2. The average Bonchev–Trinajstić information content (AvgIpc) is 3.07. The number of carbonyl (C=O) groups excluding carboxylic acids is 2. The minimum absolute atomic E-state index is 0.0854. The number of nitrogens with one attached hydrogen (secondary N) is 3. The largest absolute Gasteiger partial charge is 0.345 e. The number of fused-ring (bicyclic) bond motifs is 1. The molecule has 1 heterocycles. The van der Waals surface area contributed by atoms with Gasteiger partial charge in [0.1, 0.15) is 0 Å². The molecule has 0 unspecified atom stereocenters. The van der Waals surface area contributed by atoms with Gasteiger partial charge in [0.2, 0.25) is 5.91 Å². The molecular weight excluding hydrogens is 304 g/mol. The maximum atomic E-state index is 12.2. The number of hydrogen-bond donors (Lipinski definition) is 3. The maximum absolute atomic E-state index is 12.2. The van der Waals surface area contributed by atoms with E-state index in [4.69, 9.17) is 0 Å².